The number of benzene rings is 3. The Balaban J connectivity index is 1.45. The number of ketones is 1. The van der Waals surface area contributed by atoms with E-state index in [9.17, 15) is 14.7 Å². The van der Waals surface area contributed by atoms with Crippen molar-refractivity contribution in [2.75, 3.05) is 13.7 Å². The number of phenols is 1. The van der Waals surface area contributed by atoms with Crippen LogP contribution < -0.4 is 5.32 Å². The van der Waals surface area contributed by atoms with Gasteiger partial charge in [-0.2, -0.15) is 0 Å². The van der Waals surface area contributed by atoms with Gasteiger partial charge in [-0.3, -0.25) is 4.79 Å². The van der Waals surface area contributed by atoms with Crippen molar-refractivity contribution < 1.29 is 19.4 Å². The average molecular weight is 401 g/mol. The normalized spacial score (nSPS) is 13.4. The maximum atomic E-state index is 12.7. The van der Waals surface area contributed by atoms with E-state index in [-0.39, 0.29) is 18.3 Å². The van der Waals surface area contributed by atoms with Gasteiger partial charge in [0.25, 0.3) is 5.78 Å². The van der Waals surface area contributed by atoms with Crippen LogP contribution in [0.25, 0.3) is 11.1 Å². The topological polar surface area (TPSA) is 75.6 Å². The number of nitrogens with one attached hydrogen (secondary N) is 1. The SMILES string of the molecule is CNC(Cc1ccc(O)cc1)C(=O)C(=O)OCC1c2ccccc2-c2ccccc21. The van der Waals surface area contributed by atoms with E-state index in [1.165, 1.54) is 0 Å². The van der Waals surface area contributed by atoms with E-state index in [1.54, 1.807) is 31.3 Å². The van der Waals surface area contributed by atoms with Gasteiger partial charge in [-0.25, -0.2) is 4.79 Å². The molecule has 0 bridgehead atoms. The molecule has 0 saturated heterocycles. The van der Waals surface area contributed by atoms with E-state index >= 15 is 0 Å². The molecule has 5 nitrogen and oxygen atoms in total. The quantitative estimate of drug-likeness (QED) is 0.469. The van der Waals surface area contributed by atoms with E-state index in [4.69, 9.17) is 4.74 Å². The number of ether oxygens (including phenoxy) is 1. The third-order valence-electron chi connectivity index (χ3n) is 5.59. The molecule has 0 heterocycles. The zero-order chi connectivity index (χ0) is 21.1. The summed E-state index contributed by atoms with van der Waals surface area (Å²) in [5.74, 6) is -1.37. The molecule has 4 rings (SSSR count). The zero-order valence-electron chi connectivity index (χ0n) is 16.7. The van der Waals surface area contributed by atoms with Gasteiger partial charge < -0.3 is 15.2 Å². The van der Waals surface area contributed by atoms with Gasteiger partial charge in [0.2, 0.25) is 0 Å². The highest BCUT2D eigenvalue weighted by atomic mass is 16.5. The van der Waals surface area contributed by atoms with Gasteiger partial charge in [0.05, 0.1) is 6.04 Å². The average Bonchev–Trinajstić information content (AvgIpc) is 3.10. The predicted octanol–water partition coefficient (Wildman–Crippen LogP) is 3.45. The molecule has 0 fully saturated rings. The number of Topliss-reactive ketones (excluding diaryl/α,β-unsaturated/α-hetero) is 1. The fourth-order valence-electron chi connectivity index (χ4n) is 4.01. The summed E-state index contributed by atoms with van der Waals surface area (Å²) in [5, 5.41) is 12.3. The standard InChI is InChI=1S/C25H23NO4/c1-26-23(14-16-10-12-17(27)13-11-16)24(28)25(29)30-15-22-20-8-4-2-6-18(20)19-7-3-5-9-21(19)22/h2-13,22-23,26-27H,14-15H2,1H3. The molecule has 0 amide bonds. The minimum Gasteiger partial charge on any atom is -0.508 e. The second-order valence-electron chi connectivity index (χ2n) is 7.40. The van der Waals surface area contributed by atoms with Gasteiger partial charge in [0.1, 0.15) is 12.4 Å². The van der Waals surface area contributed by atoms with E-state index < -0.39 is 17.8 Å². The Kier molecular flexibility index (Phi) is 5.63. The lowest BCUT2D eigenvalue weighted by Gasteiger charge is -2.17. The molecule has 1 atom stereocenters. The van der Waals surface area contributed by atoms with E-state index in [0.29, 0.717) is 6.42 Å². The third-order valence-corrected chi connectivity index (χ3v) is 5.59. The van der Waals surface area contributed by atoms with Crippen LogP contribution in [0.4, 0.5) is 0 Å². The van der Waals surface area contributed by atoms with Gasteiger partial charge in [-0.1, -0.05) is 60.7 Å². The lowest BCUT2D eigenvalue weighted by molar-refractivity contribution is -0.155. The first-order valence-corrected chi connectivity index (χ1v) is 9.93. The number of hydrogen-bond acceptors (Lipinski definition) is 5. The number of hydrogen-bond donors (Lipinski definition) is 2. The van der Waals surface area contributed by atoms with Crippen molar-refractivity contribution >= 4 is 11.8 Å². The predicted molar refractivity (Wildman–Crippen MR) is 114 cm³/mol. The summed E-state index contributed by atoms with van der Waals surface area (Å²) in [6, 6.07) is 22.0. The Morgan fingerprint density at radius 1 is 0.933 bits per heavy atom. The molecule has 0 radical (unpaired) electrons. The minimum absolute atomic E-state index is 0.0840. The molecule has 1 aliphatic rings. The Hall–Kier alpha value is -3.44. The zero-order valence-corrected chi connectivity index (χ0v) is 16.7. The summed E-state index contributed by atoms with van der Waals surface area (Å²) in [7, 11) is 1.64. The van der Waals surface area contributed by atoms with Gasteiger partial charge in [0.15, 0.2) is 0 Å². The number of aromatic hydroxyl groups is 1. The molecule has 1 unspecified atom stereocenters. The number of carbonyl (C=O) groups excluding carboxylic acids is 2. The largest absolute Gasteiger partial charge is 0.508 e. The second kappa shape index (κ2) is 8.51. The van der Waals surface area contributed by atoms with Crippen molar-refractivity contribution in [2.24, 2.45) is 0 Å². The summed E-state index contributed by atoms with van der Waals surface area (Å²) in [6.45, 7) is 0.119. The summed E-state index contributed by atoms with van der Waals surface area (Å²) in [5.41, 5.74) is 5.33. The molecule has 152 valence electrons. The third kappa shape index (κ3) is 3.84. The molecule has 0 saturated carbocycles. The van der Waals surface area contributed by atoms with Crippen LogP contribution >= 0.6 is 0 Å². The molecule has 3 aromatic carbocycles. The number of likely N-dealkylation sites (N-methyl/N-ethyl adjacent to an activating group) is 1. The highest BCUT2D eigenvalue weighted by Gasteiger charge is 2.31. The molecule has 0 aromatic heterocycles. The highest BCUT2D eigenvalue weighted by Crippen LogP contribution is 2.44. The molecule has 3 aromatic rings. The molecule has 2 N–H and O–H groups in total. The van der Waals surface area contributed by atoms with Crippen LogP contribution in [0.3, 0.4) is 0 Å². The van der Waals surface area contributed by atoms with Crippen LogP contribution in [0.5, 0.6) is 5.75 Å². The fraction of sp³-hybridized carbons (Fsp3) is 0.200. The molecule has 1 aliphatic carbocycles. The first-order valence-electron chi connectivity index (χ1n) is 9.93. The van der Waals surface area contributed by atoms with Crippen molar-refractivity contribution in [2.45, 2.75) is 18.4 Å². The Morgan fingerprint density at radius 2 is 1.50 bits per heavy atom. The molecular formula is C25H23NO4. The van der Waals surface area contributed by atoms with Crippen molar-refractivity contribution in [3.05, 3.63) is 89.5 Å². The summed E-state index contributed by atoms with van der Waals surface area (Å²) >= 11 is 0. The summed E-state index contributed by atoms with van der Waals surface area (Å²) in [4.78, 5) is 25.2. The van der Waals surface area contributed by atoms with Crippen molar-refractivity contribution in [1.29, 1.82) is 0 Å². The van der Waals surface area contributed by atoms with Gasteiger partial charge in [0, 0.05) is 5.92 Å². The number of fused-ring (bicyclic) bond motifs is 3. The lowest BCUT2D eigenvalue weighted by atomic mass is 9.98. The van der Waals surface area contributed by atoms with Gasteiger partial charge in [-0.15, -0.1) is 0 Å². The minimum atomic E-state index is -0.838. The van der Waals surface area contributed by atoms with Crippen molar-refractivity contribution in [3.8, 4) is 16.9 Å². The summed E-state index contributed by atoms with van der Waals surface area (Å²) < 4.78 is 5.47. The van der Waals surface area contributed by atoms with Crippen molar-refractivity contribution in [3.63, 3.8) is 0 Å². The van der Waals surface area contributed by atoms with Crippen LogP contribution in [0, 0.1) is 0 Å². The molecule has 30 heavy (non-hydrogen) atoms. The van der Waals surface area contributed by atoms with Crippen LogP contribution in [0.2, 0.25) is 0 Å². The number of phenolic OH excluding ortho intramolecular Hbond substituents is 1. The molecule has 0 aliphatic heterocycles. The highest BCUT2D eigenvalue weighted by molar-refractivity contribution is 6.35. The molecule has 0 spiro atoms. The second-order valence-corrected chi connectivity index (χ2v) is 7.40. The fourth-order valence-corrected chi connectivity index (χ4v) is 4.01. The molecule has 5 heteroatoms. The summed E-state index contributed by atoms with van der Waals surface area (Å²) in [6.07, 6.45) is 0.333. The number of carbonyl (C=O) groups is 2. The maximum Gasteiger partial charge on any atom is 0.376 e. The number of rotatable bonds is 7. The van der Waals surface area contributed by atoms with Crippen LogP contribution in [0.15, 0.2) is 72.8 Å². The smallest absolute Gasteiger partial charge is 0.376 e. The monoisotopic (exact) mass is 401 g/mol. The molecular weight excluding hydrogens is 378 g/mol. The van der Waals surface area contributed by atoms with Crippen molar-refractivity contribution in [1.82, 2.24) is 5.32 Å². The van der Waals surface area contributed by atoms with E-state index in [1.807, 2.05) is 36.4 Å². The van der Waals surface area contributed by atoms with Crippen LogP contribution in [0.1, 0.15) is 22.6 Å². The first kappa shape index (κ1) is 19.9. The van der Waals surface area contributed by atoms with E-state index in [2.05, 4.69) is 17.4 Å². The van der Waals surface area contributed by atoms with Crippen LogP contribution in [-0.2, 0) is 20.7 Å². The van der Waals surface area contributed by atoms with Gasteiger partial charge in [-0.05, 0) is 53.4 Å². The number of esters is 1. The maximum absolute atomic E-state index is 12.7. The Morgan fingerprint density at radius 3 is 2.07 bits per heavy atom. The Labute approximate surface area is 175 Å². The van der Waals surface area contributed by atoms with E-state index in [0.717, 1.165) is 27.8 Å². The first-order chi connectivity index (χ1) is 14.6. The lowest BCUT2D eigenvalue weighted by Crippen LogP contribution is -2.41. The van der Waals surface area contributed by atoms with Gasteiger partial charge >= 0.3 is 5.97 Å². The van der Waals surface area contributed by atoms with Crippen LogP contribution in [-0.4, -0.2) is 36.6 Å². The Bertz CT molecular complexity index is 1030.